The van der Waals surface area contributed by atoms with E-state index in [9.17, 15) is 18.8 Å². The minimum Gasteiger partial charge on any atom is -0.342 e. The summed E-state index contributed by atoms with van der Waals surface area (Å²) < 4.78 is 14.2. The van der Waals surface area contributed by atoms with Crippen molar-refractivity contribution in [2.24, 2.45) is 0 Å². The first-order valence-corrected chi connectivity index (χ1v) is 8.11. The molecule has 2 heterocycles. The monoisotopic (exact) mass is 333 g/mol. The van der Waals surface area contributed by atoms with Gasteiger partial charge in [-0.15, -0.1) is 0 Å². The molecule has 24 heavy (non-hydrogen) atoms. The van der Waals surface area contributed by atoms with E-state index in [1.807, 2.05) is 6.07 Å². The maximum absolute atomic E-state index is 14.2. The van der Waals surface area contributed by atoms with Gasteiger partial charge in [0.15, 0.2) is 0 Å². The minimum absolute atomic E-state index is 0.0751. The van der Waals surface area contributed by atoms with E-state index in [0.717, 1.165) is 5.56 Å². The molecular formula is C17H20FN3O3. The first-order chi connectivity index (χ1) is 11.5. The van der Waals surface area contributed by atoms with E-state index < -0.39 is 18.0 Å². The van der Waals surface area contributed by atoms with E-state index in [1.165, 1.54) is 0 Å². The first-order valence-electron chi connectivity index (χ1n) is 8.11. The number of nitrogens with one attached hydrogen (secondary N) is 2. The molecule has 0 spiro atoms. The van der Waals surface area contributed by atoms with E-state index >= 15 is 0 Å². The Bertz CT molecular complexity index is 705. The molecular weight excluding hydrogens is 313 g/mol. The summed E-state index contributed by atoms with van der Waals surface area (Å²) in [5, 5.41) is 4.63. The fourth-order valence-electron chi connectivity index (χ4n) is 3.23. The number of fused-ring (bicyclic) bond motifs is 1. The average Bonchev–Trinajstić information content (AvgIpc) is 2.74. The predicted octanol–water partition coefficient (Wildman–Crippen LogP) is 1.05. The summed E-state index contributed by atoms with van der Waals surface area (Å²) >= 11 is 0. The topological polar surface area (TPSA) is 78.5 Å². The second kappa shape index (κ2) is 6.59. The van der Waals surface area contributed by atoms with E-state index in [1.54, 1.807) is 17.9 Å². The second-order valence-corrected chi connectivity index (χ2v) is 6.27. The van der Waals surface area contributed by atoms with Crippen molar-refractivity contribution in [1.29, 1.82) is 0 Å². The molecule has 2 aliphatic heterocycles. The van der Waals surface area contributed by atoms with Gasteiger partial charge >= 0.3 is 6.03 Å². The number of imide groups is 1. The molecule has 7 heteroatoms. The van der Waals surface area contributed by atoms with Crippen LogP contribution in [0.15, 0.2) is 12.1 Å². The van der Waals surface area contributed by atoms with Crippen molar-refractivity contribution in [2.45, 2.75) is 38.6 Å². The highest BCUT2D eigenvalue weighted by molar-refractivity contribution is 6.04. The van der Waals surface area contributed by atoms with Gasteiger partial charge in [-0.1, -0.05) is 12.1 Å². The Morgan fingerprint density at radius 3 is 2.75 bits per heavy atom. The SMILES string of the molecule is Cc1ccc2c(c1F)CCN(C(=O)CCC1NC(=O)NC1=O)CC2. The number of hydrogen-bond donors (Lipinski definition) is 2. The summed E-state index contributed by atoms with van der Waals surface area (Å²) in [4.78, 5) is 36.7. The molecule has 1 unspecified atom stereocenters. The summed E-state index contributed by atoms with van der Waals surface area (Å²) in [5.74, 6) is -0.644. The number of nitrogens with zero attached hydrogens (tertiary/aromatic N) is 1. The Kier molecular flexibility index (Phi) is 4.51. The Morgan fingerprint density at radius 2 is 2.04 bits per heavy atom. The maximum Gasteiger partial charge on any atom is 0.322 e. The molecule has 0 aromatic heterocycles. The standard InChI is InChI=1S/C17H20FN3O3/c1-10-2-3-11-6-8-21(9-7-12(11)15(10)18)14(22)5-4-13-16(23)20-17(24)19-13/h2-3,13H,4-9H2,1H3,(H2,19,20,23,24). The van der Waals surface area contributed by atoms with Crippen molar-refractivity contribution in [1.82, 2.24) is 15.5 Å². The maximum atomic E-state index is 14.2. The van der Waals surface area contributed by atoms with Crippen LogP contribution in [0, 0.1) is 12.7 Å². The molecule has 0 radical (unpaired) electrons. The molecule has 1 saturated heterocycles. The fraction of sp³-hybridized carbons (Fsp3) is 0.471. The second-order valence-electron chi connectivity index (χ2n) is 6.27. The average molecular weight is 333 g/mol. The predicted molar refractivity (Wildman–Crippen MR) is 84.8 cm³/mol. The van der Waals surface area contributed by atoms with Gasteiger partial charge in [-0.25, -0.2) is 9.18 Å². The zero-order chi connectivity index (χ0) is 17.3. The number of carbonyl (C=O) groups excluding carboxylic acids is 3. The largest absolute Gasteiger partial charge is 0.342 e. The third kappa shape index (κ3) is 3.25. The third-order valence-corrected chi connectivity index (χ3v) is 4.67. The van der Waals surface area contributed by atoms with Gasteiger partial charge in [0.25, 0.3) is 5.91 Å². The molecule has 2 aliphatic rings. The Hall–Kier alpha value is -2.44. The number of aryl methyl sites for hydroxylation is 1. The molecule has 4 amide bonds. The first kappa shape index (κ1) is 16.4. The van der Waals surface area contributed by atoms with Crippen LogP contribution in [0.2, 0.25) is 0 Å². The molecule has 2 N–H and O–H groups in total. The van der Waals surface area contributed by atoms with E-state index in [2.05, 4.69) is 10.6 Å². The molecule has 0 saturated carbocycles. The number of halogens is 1. The lowest BCUT2D eigenvalue weighted by Gasteiger charge is -2.20. The van der Waals surface area contributed by atoms with Crippen LogP contribution in [0.25, 0.3) is 0 Å². The van der Waals surface area contributed by atoms with Gasteiger partial charge in [-0.05, 0) is 42.9 Å². The third-order valence-electron chi connectivity index (χ3n) is 4.67. The van der Waals surface area contributed by atoms with Gasteiger partial charge in [0.1, 0.15) is 11.9 Å². The van der Waals surface area contributed by atoms with Crippen LogP contribution < -0.4 is 10.6 Å². The van der Waals surface area contributed by atoms with Crippen molar-refractivity contribution in [3.05, 3.63) is 34.6 Å². The summed E-state index contributed by atoms with van der Waals surface area (Å²) in [6.45, 7) is 2.75. The number of carbonyl (C=O) groups is 3. The lowest BCUT2D eigenvalue weighted by Crippen LogP contribution is -2.36. The molecule has 3 rings (SSSR count). The highest BCUT2D eigenvalue weighted by atomic mass is 19.1. The highest BCUT2D eigenvalue weighted by Crippen LogP contribution is 2.22. The Morgan fingerprint density at radius 1 is 1.29 bits per heavy atom. The summed E-state index contributed by atoms with van der Waals surface area (Å²) in [7, 11) is 0. The smallest absolute Gasteiger partial charge is 0.322 e. The van der Waals surface area contributed by atoms with Gasteiger partial charge in [0.05, 0.1) is 0 Å². The lowest BCUT2D eigenvalue weighted by molar-refractivity contribution is -0.131. The van der Waals surface area contributed by atoms with Crippen LogP contribution in [-0.2, 0) is 22.4 Å². The van der Waals surface area contributed by atoms with Crippen LogP contribution in [0.5, 0.6) is 0 Å². The number of hydrogen-bond acceptors (Lipinski definition) is 3. The zero-order valence-electron chi connectivity index (χ0n) is 13.5. The molecule has 1 aromatic carbocycles. The van der Waals surface area contributed by atoms with E-state index in [-0.39, 0.29) is 24.6 Å². The van der Waals surface area contributed by atoms with Gasteiger partial charge < -0.3 is 10.2 Å². The minimum atomic E-state index is -0.647. The van der Waals surface area contributed by atoms with Crippen molar-refractivity contribution in [3.8, 4) is 0 Å². The van der Waals surface area contributed by atoms with Crippen LogP contribution in [-0.4, -0.2) is 41.9 Å². The van der Waals surface area contributed by atoms with Crippen LogP contribution in [0.3, 0.4) is 0 Å². The van der Waals surface area contributed by atoms with E-state index in [0.29, 0.717) is 37.1 Å². The summed E-state index contributed by atoms with van der Waals surface area (Å²) in [6, 6.07) is 2.53. The molecule has 1 aromatic rings. The fourth-order valence-corrected chi connectivity index (χ4v) is 3.23. The normalized spacial score (nSPS) is 20.2. The van der Waals surface area contributed by atoms with Crippen molar-refractivity contribution >= 4 is 17.8 Å². The summed E-state index contributed by atoms with van der Waals surface area (Å²) in [5.41, 5.74) is 2.28. The summed E-state index contributed by atoms with van der Waals surface area (Å²) in [6.07, 6.45) is 1.57. The molecule has 0 bridgehead atoms. The van der Waals surface area contributed by atoms with Crippen molar-refractivity contribution in [3.63, 3.8) is 0 Å². The molecule has 0 aliphatic carbocycles. The Balaban J connectivity index is 1.59. The number of amides is 4. The van der Waals surface area contributed by atoms with Gasteiger partial charge in [0, 0.05) is 19.5 Å². The van der Waals surface area contributed by atoms with Gasteiger partial charge in [-0.2, -0.15) is 0 Å². The van der Waals surface area contributed by atoms with Crippen LogP contribution >= 0.6 is 0 Å². The highest BCUT2D eigenvalue weighted by Gasteiger charge is 2.30. The molecule has 128 valence electrons. The molecule has 6 nitrogen and oxygen atoms in total. The molecule has 1 atom stereocenters. The Labute approximate surface area is 139 Å². The van der Waals surface area contributed by atoms with Crippen molar-refractivity contribution in [2.75, 3.05) is 13.1 Å². The van der Waals surface area contributed by atoms with Crippen LogP contribution in [0.1, 0.15) is 29.5 Å². The van der Waals surface area contributed by atoms with Gasteiger partial charge in [-0.3, -0.25) is 14.9 Å². The van der Waals surface area contributed by atoms with Gasteiger partial charge in [0.2, 0.25) is 5.91 Å². The number of urea groups is 1. The quantitative estimate of drug-likeness (QED) is 0.812. The van der Waals surface area contributed by atoms with Crippen LogP contribution in [0.4, 0.5) is 9.18 Å². The van der Waals surface area contributed by atoms with E-state index in [4.69, 9.17) is 0 Å². The van der Waals surface area contributed by atoms with Crippen molar-refractivity contribution < 1.29 is 18.8 Å². The number of benzene rings is 1. The molecule has 1 fully saturated rings. The zero-order valence-corrected chi connectivity index (χ0v) is 13.5. The number of rotatable bonds is 3. The lowest BCUT2D eigenvalue weighted by atomic mass is 10.00.